The molecule has 1 heteroatoms. The molecule has 2 unspecified atom stereocenters. The van der Waals surface area contributed by atoms with Gasteiger partial charge in [0.15, 0.2) is 0 Å². The summed E-state index contributed by atoms with van der Waals surface area (Å²) in [5.74, 6) is 8.27. The van der Waals surface area contributed by atoms with E-state index in [0.717, 1.165) is 19.3 Å². The third kappa shape index (κ3) is 2.16. The van der Waals surface area contributed by atoms with Crippen LogP contribution < -0.4 is 0 Å². The maximum atomic E-state index is 9.75. The second-order valence-electron chi connectivity index (χ2n) is 7.36. The molecule has 0 spiro atoms. The number of hydrogen-bond acceptors (Lipinski definition) is 1. The summed E-state index contributed by atoms with van der Waals surface area (Å²) in [5, 5.41) is 9.75. The van der Waals surface area contributed by atoms with Crippen LogP contribution in [0.25, 0.3) is 0 Å². The minimum absolute atomic E-state index is 0.235. The molecule has 3 aliphatic carbocycles. The van der Waals surface area contributed by atoms with Crippen LogP contribution in [-0.2, 0) is 6.42 Å². The normalized spacial score (nSPS) is 31.0. The molecule has 1 fully saturated rings. The fourth-order valence-corrected chi connectivity index (χ4v) is 4.92. The number of phenolic OH excluding ortho intramolecular Hbond substituents is 1. The molecular formula is C22H24O. The third-order valence-corrected chi connectivity index (χ3v) is 6.16. The van der Waals surface area contributed by atoms with E-state index in [4.69, 9.17) is 0 Å². The summed E-state index contributed by atoms with van der Waals surface area (Å²) >= 11 is 0. The lowest BCUT2D eigenvalue weighted by molar-refractivity contribution is 0.224. The van der Waals surface area contributed by atoms with Crippen LogP contribution in [0.15, 0.2) is 41.5 Å². The van der Waals surface area contributed by atoms with Crippen LogP contribution in [0.4, 0.5) is 0 Å². The van der Waals surface area contributed by atoms with Crippen LogP contribution in [-0.4, -0.2) is 5.11 Å². The second kappa shape index (κ2) is 5.31. The number of rotatable bonds is 0. The van der Waals surface area contributed by atoms with Crippen molar-refractivity contribution in [3.05, 3.63) is 52.6 Å². The lowest BCUT2D eigenvalue weighted by atomic mass is 9.58. The van der Waals surface area contributed by atoms with Gasteiger partial charge in [-0.1, -0.05) is 49.5 Å². The van der Waals surface area contributed by atoms with Crippen molar-refractivity contribution < 1.29 is 5.11 Å². The van der Waals surface area contributed by atoms with E-state index in [0.29, 0.717) is 17.6 Å². The molecule has 23 heavy (non-hydrogen) atoms. The zero-order valence-corrected chi connectivity index (χ0v) is 14.0. The molecule has 3 aliphatic rings. The van der Waals surface area contributed by atoms with Crippen LogP contribution in [0.3, 0.4) is 0 Å². The van der Waals surface area contributed by atoms with Crippen molar-refractivity contribution in [2.45, 2.75) is 51.9 Å². The molecule has 4 rings (SSSR count). The maximum absolute atomic E-state index is 9.75. The number of aromatic hydroxyl groups is 1. The molecule has 3 atom stereocenters. The lowest BCUT2D eigenvalue weighted by Gasteiger charge is -2.45. The van der Waals surface area contributed by atoms with E-state index >= 15 is 0 Å². The molecule has 0 amide bonds. The Labute approximate surface area is 139 Å². The highest BCUT2D eigenvalue weighted by atomic mass is 16.3. The van der Waals surface area contributed by atoms with E-state index in [1.807, 2.05) is 12.1 Å². The minimum Gasteiger partial charge on any atom is -0.508 e. The Morgan fingerprint density at radius 1 is 1.30 bits per heavy atom. The second-order valence-corrected chi connectivity index (χ2v) is 7.36. The van der Waals surface area contributed by atoms with Crippen molar-refractivity contribution in [3.8, 4) is 17.6 Å². The fraction of sp³-hybridized carbons (Fsp3) is 0.455. The van der Waals surface area contributed by atoms with Crippen LogP contribution in [0.1, 0.15) is 56.6 Å². The molecule has 1 saturated carbocycles. The van der Waals surface area contributed by atoms with E-state index in [9.17, 15) is 5.11 Å². The van der Waals surface area contributed by atoms with E-state index in [-0.39, 0.29) is 5.41 Å². The third-order valence-electron chi connectivity index (χ3n) is 6.16. The Bertz CT molecular complexity index is 771. The van der Waals surface area contributed by atoms with Gasteiger partial charge in [0.25, 0.3) is 0 Å². The van der Waals surface area contributed by atoms with Crippen molar-refractivity contribution in [2.24, 2.45) is 11.3 Å². The van der Waals surface area contributed by atoms with Gasteiger partial charge in [-0.3, -0.25) is 0 Å². The van der Waals surface area contributed by atoms with E-state index < -0.39 is 0 Å². The maximum Gasteiger partial charge on any atom is 0.115 e. The first-order valence-corrected chi connectivity index (χ1v) is 8.84. The summed E-state index contributed by atoms with van der Waals surface area (Å²) in [6.07, 6.45) is 10.3. The monoisotopic (exact) mass is 304 g/mol. The number of phenols is 1. The Morgan fingerprint density at radius 2 is 2.17 bits per heavy atom. The van der Waals surface area contributed by atoms with Gasteiger partial charge in [0.2, 0.25) is 0 Å². The van der Waals surface area contributed by atoms with E-state index in [1.54, 1.807) is 5.57 Å². The van der Waals surface area contributed by atoms with Crippen molar-refractivity contribution in [3.63, 3.8) is 0 Å². The highest BCUT2D eigenvalue weighted by Gasteiger charge is 2.48. The molecule has 118 valence electrons. The first kappa shape index (κ1) is 14.6. The zero-order chi connectivity index (χ0) is 16.0. The first-order chi connectivity index (χ1) is 11.1. The fourth-order valence-electron chi connectivity index (χ4n) is 4.92. The van der Waals surface area contributed by atoms with Gasteiger partial charge in [-0.15, -0.1) is 0 Å². The van der Waals surface area contributed by atoms with Gasteiger partial charge in [-0.2, -0.15) is 0 Å². The molecule has 0 bridgehead atoms. The summed E-state index contributed by atoms with van der Waals surface area (Å²) in [4.78, 5) is 0. The molecular weight excluding hydrogens is 280 g/mol. The summed E-state index contributed by atoms with van der Waals surface area (Å²) in [7, 11) is 0. The molecule has 1 aromatic rings. The summed E-state index contributed by atoms with van der Waals surface area (Å²) in [6.45, 7) is 4.54. The van der Waals surface area contributed by atoms with Gasteiger partial charge < -0.3 is 5.11 Å². The van der Waals surface area contributed by atoms with Crippen molar-refractivity contribution >= 4 is 0 Å². The average molecular weight is 304 g/mol. The van der Waals surface area contributed by atoms with E-state index in [1.165, 1.54) is 29.5 Å². The van der Waals surface area contributed by atoms with Gasteiger partial charge in [0.1, 0.15) is 5.75 Å². The average Bonchev–Trinajstić information content (AvgIpc) is 2.89. The predicted molar refractivity (Wildman–Crippen MR) is 94.2 cm³/mol. The summed E-state index contributed by atoms with van der Waals surface area (Å²) < 4.78 is 0. The SMILES string of the molecule is CCC#CC1=CCC2C3=CCc4cc(O)ccc4C3CC[C@]12C. The zero-order valence-electron chi connectivity index (χ0n) is 14.0. The van der Waals surface area contributed by atoms with Crippen LogP contribution in [0.5, 0.6) is 5.75 Å². The highest BCUT2D eigenvalue weighted by molar-refractivity contribution is 5.50. The summed E-state index contributed by atoms with van der Waals surface area (Å²) in [5.41, 5.74) is 5.98. The Hall–Kier alpha value is -1.94. The van der Waals surface area contributed by atoms with Crippen LogP contribution >= 0.6 is 0 Å². The largest absolute Gasteiger partial charge is 0.508 e. The van der Waals surface area contributed by atoms with E-state index in [2.05, 4.69) is 43.9 Å². The molecule has 0 aliphatic heterocycles. The number of hydrogen-bond donors (Lipinski definition) is 1. The molecule has 0 radical (unpaired) electrons. The molecule has 0 heterocycles. The summed E-state index contributed by atoms with van der Waals surface area (Å²) in [6, 6.07) is 5.94. The lowest BCUT2D eigenvalue weighted by Crippen LogP contribution is -2.35. The number of allylic oxidation sites excluding steroid dienone is 4. The standard InChI is InChI=1S/C22H24O/c1-3-4-5-16-7-11-21-20-9-6-15-14-17(23)8-10-18(15)19(20)12-13-22(16,21)2/h7-10,14,19,21,23H,3,6,11-13H2,1-2H3/t19?,21?,22-/m1/s1. The van der Waals surface area contributed by atoms with Gasteiger partial charge in [-0.25, -0.2) is 0 Å². The molecule has 1 N–H and O–H groups in total. The number of fused-ring (bicyclic) bond motifs is 5. The molecule has 1 nitrogen and oxygen atoms in total. The number of benzene rings is 1. The van der Waals surface area contributed by atoms with Crippen molar-refractivity contribution in [1.82, 2.24) is 0 Å². The Kier molecular flexibility index (Phi) is 3.38. The smallest absolute Gasteiger partial charge is 0.115 e. The molecule has 0 saturated heterocycles. The van der Waals surface area contributed by atoms with Crippen molar-refractivity contribution in [1.29, 1.82) is 0 Å². The molecule has 1 aromatic carbocycles. The topological polar surface area (TPSA) is 20.2 Å². The Balaban J connectivity index is 1.69. The first-order valence-electron chi connectivity index (χ1n) is 8.84. The van der Waals surface area contributed by atoms with Gasteiger partial charge in [0, 0.05) is 23.3 Å². The molecule has 0 aromatic heterocycles. The van der Waals surface area contributed by atoms with Gasteiger partial charge in [-0.05, 0) is 54.9 Å². The minimum atomic E-state index is 0.235. The van der Waals surface area contributed by atoms with Crippen LogP contribution in [0.2, 0.25) is 0 Å². The predicted octanol–water partition coefficient (Wildman–Crippen LogP) is 5.12. The quantitative estimate of drug-likeness (QED) is 0.521. The van der Waals surface area contributed by atoms with Gasteiger partial charge >= 0.3 is 0 Å². The Morgan fingerprint density at radius 3 is 3.00 bits per heavy atom. The highest BCUT2D eigenvalue weighted by Crippen LogP contribution is 2.59. The van der Waals surface area contributed by atoms with Crippen molar-refractivity contribution in [2.75, 3.05) is 0 Å². The van der Waals surface area contributed by atoms with Crippen LogP contribution in [0, 0.1) is 23.2 Å². The van der Waals surface area contributed by atoms with Gasteiger partial charge in [0.05, 0.1) is 0 Å².